The molecule has 19 heavy (non-hydrogen) atoms. The van der Waals surface area contributed by atoms with Crippen molar-refractivity contribution in [3.05, 3.63) is 23.9 Å². The van der Waals surface area contributed by atoms with Crippen molar-refractivity contribution in [2.45, 2.75) is 19.4 Å². The van der Waals surface area contributed by atoms with Crippen LogP contribution in [-0.4, -0.2) is 31.5 Å². The smallest absolute Gasteiger partial charge is 0.220 e. The molecule has 0 aromatic carbocycles. The Morgan fingerprint density at radius 2 is 2.11 bits per heavy atom. The minimum Gasteiger partial charge on any atom is -0.362 e. The molecule has 0 fully saturated rings. The third-order valence-corrected chi connectivity index (χ3v) is 2.38. The fourth-order valence-electron chi connectivity index (χ4n) is 1.52. The van der Waals surface area contributed by atoms with Crippen LogP contribution in [0.1, 0.15) is 18.4 Å². The fourth-order valence-corrected chi connectivity index (χ4v) is 1.52. The van der Waals surface area contributed by atoms with E-state index in [0.29, 0.717) is 19.5 Å². The molecule has 1 amide bonds. The number of hydrogen-bond acceptors (Lipinski definition) is 4. The van der Waals surface area contributed by atoms with Gasteiger partial charge in [-0.15, -0.1) is 24.8 Å². The van der Waals surface area contributed by atoms with Crippen LogP contribution in [0.2, 0.25) is 0 Å². The van der Waals surface area contributed by atoms with Gasteiger partial charge in [0, 0.05) is 38.8 Å². The number of hydrogen-bond donors (Lipinski definition) is 2. The highest BCUT2D eigenvalue weighted by Gasteiger charge is 2.06. The lowest BCUT2D eigenvalue weighted by atomic mass is 10.2. The Kier molecular flexibility index (Phi) is 11.6. The molecule has 0 bridgehead atoms. The Morgan fingerprint density at radius 3 is 2.68 bits per heavy atom. The van der Waals surface area contributed by atoms with Crippen molar-refractivity contribution in [1.82, 2.24) is 10.3 Å². The molecule has 0 atom stereocenters. The first-order valence-electron chi connectivity index (χ1n) is 5.73. The van der Waals surface area contributed by atoms with E-state index >= 15 is 0 Å². The van der Waals surface area contributed by atoms with Crippen LogP contribution >= 0.6 is 24.8 Å². The topological polar surface area (TPSA) is 71.2 Å². The molecule has 1 aromatic heterocycles. The molecule has 0 aliphatic carbocycles. The van der Waals surface area contributed by atoms with E-state index in [0.717, 1.165) is 17.8 Å². The number of aromatic nitrogens is 1. The molecule has 0 spiro atoms. The van der Waals surface area contributed by atoms with Crippen LogP contribution in [0.15, 0.2) is 18.3 Å². The van der Waals surface area contributed by atoms with E-state index in [2.05, 4.69) is 10.3 Å². The number of amides is 1. The first-order valence-corrected chi connectivity index (χ1v) is 5.73. The van der Waals surface area contributed by atoms with E-state index in [4.69, 9.17) is 5.73 Å². The number of anilines is 1. The van der Waals surface area contributed by atoms with Crippen molar-refractivity contribution >= 4 is 36.5 Å². The highest BCUT2D eigenvalue weighted by molar-refractivity contribution is 5.85. The van der Waals surface area contributed by atoms with Gasteiger partial charge in [-0.05, 0) is 19.0 Å². The van der Waals surface area contributed by atoms with E-state index in [1.807, 2.05) is 31.1 Å². The predicted octanol–water partition coefficient (Wildman–Crippen LogP) is 1.35. The molecule has 110 valence electrons. The molecular formula is C12H22Cl2N4O. The minimum absolute atomic E-state index is 0. The summed E-state index contributed by atoms with van der Waals surface area (Å²) in [5, 5.41) is 2.87. The first-order chi connectivity index (χ1) is 8.15. The molecule has 0 unspecified atom stereocenters. The molecule has 7 heteroatoms. The zero-order valence-corrected chi connectivity index (χ0v) is 12.9. The minimum atomic E-state index is 0. The lowest BCUT2D eigenvalue weighted by molar-refractivity contribution is -0.121. The van der Waals surface area contributed by atoms with Gasteiger partial charge in [0.15, 0.2) is 0 Å². The van der Waals surface area contributed by atoms with Gasteiger partial charge in [-0.1, -0.05) is 6.07 Å². The summed E-state index contributed by atoms with van der Waals surface area (Å²) in [6.07, 6.45) is 2.95. The lowest BCUT2D eigenvalue weighted by Crippen LogP contribution is -2.24. The van der Waals surface area contributed by atoms with Crippen molar-refractivity contribution in [2.75, 3.05) is 25.5 Å². The van der Waals surface area contributed by atoms with E-state index < -0.39 is 0 Å². The van der Waals surface area contributed by atoms with Gasteiger partial charge < -0.3 is 16.0 Å². The number of nitrogens with two attached hydrogens (primary N) is 1. The summed E-state index contributed by atoms with van der Waals surface area (Å²) in [6.45, 7) is 1.05. The van der Waals surface area contributed by atoms with E-state index in [1.54, 1.807) is 6.20 Å². The summed E-state index contributed by atoms with van der Waals surface area (Å²) in [5.41, 5.74) is 6.36. The quantitative estimate of drug-likeness (QED) is 0.832. The molecule has 1 aromatic rings. The van der Waals surface area contributed by atoms with Gasteiger partial charge >= 0.3 is 0 Å². The third-order valence-electron chi connectivity index (χ3n) is 2.38. The van der Waals surface area contributed by atoms with Crippen LogP contribution in [0.5, 0.6) is 0 Å². The second kappa shape index (κ2) is 10.8. The van der Waals surface area contributed by atoms with Crippen LogP contribution in [0.4, 0.5) is 5.82 Å². The highest BCUT2D eigenvalue weighted by atomic mass is 35.5. The molecule has 0 saturated heterocycles. The van der Waals surface area contributed by atoms with Crippen LogP contribution in [0, 0.1) is 0 Å². The summed E-state index contributed by atoms with van der Waals surface area (Å²) >= 11 is 0. The number of rotatable bonds is 6. The van der Waals surface area contributed by atoms with Gasteiger partial charge in [-0.3, -0.25) is 4.79 Å². The molecule has 0 radical (unpaired) electrons. The molecule has 0 aliphatic rings. The largest absolute Gasteiger partial charge is 0.362 e. The number of carbonyl (C=O) groups is 1. The van der Waals surface area contributed by atoms with Gasteiger partial charge in [0.1, 0.15) is 5.82 Å². The van der Waals surface area contributed by atoms with Gasteiger partial charge in [-0.25, -0.2) is 4.98 Å². The van der Waals surface area contributed by atoms with Crippen molar-refractivity contribution in [3.63, 3.8) is 0 Å². The first kappa shape index (κ1) is 20.3. The Bertz CT molecular complexity index is 375. The monoisotopic (exact) mass is 308 g/mol. The van der Waals surface area contributed by atoms with Crippen LogP contribution in [0.3, 0.4) is 0 Å². The summed E-state index contributed by atoms with van der Waals surface area (Å²) in [6, 6.07) is 3.83. The molecule has 5 nitrogen and oxygen atoms in total. The number of carbonyl (C=O) groups excluding carboxylic acids is 1. The van der Waals surface area contributed by atoms with Gasteiger partial charge in [0.05, 0.1) is 0 Å². The third kappa shape index (κ3) is 7.20. The summed E-state index contributed by atoms with van der Waals surface area (Å²) in [4.78, 5) is 17.7. The average molecular weight is 309 g/mol. The maximum absolute atomic E-state index is 11.5. The Labute approximate surface area is 126 Å². The van der Waals surface area contributed by atoms with E-state index in [9.17, 15) is 4.79 Å². The molecule has 0 saturated carbocycles. The predicted molar refractivity (Wildman–Crippen MR) is 83.2 cm³/mol. The van der Waals surface area contributed by atoms with E-state index in [-0.39, 0.29) is 30.7 Å². The highest BCUT2D eigenvalue weighted by Crippen LogP contribution is 2.13. The molecule has 3 N–H and O–H groups in total. The van der Waals surface area contributed by atoms with Crippen LogP contribution in [-0.2, 0) is 11.3 Å². The van der Waals surface area contributed by atoms with Gasteiger partial charge in [0.25, 0.3) is 0 Å². The maximum Gasteiger partial charge on any atom is 0.220 e. The van der Waals surface area contributed by atoms with Crippen molar-refractivity contribution in [3.8, 4) is 0 Å². The van der Waals surface area contributed by atoms with E-state index in [1.165, 1.54) is 0 Å². The zero-order chi connectivity index (χ0) is 12.7. The van der Waals surface area contributed by atoms with Crippen molar-refractivity contribution < 1.29 is 4.79 Å². The molecular weight excluding hydrogens is 287 g/mol. The molecule has 0 aliphatic heterocycles. The van der Waals surface area contributed by atoms with Crippen LogP contribution in [0.25, 0.3) is 0 Å². The second-order valence-corrected chi connectivity index (χ2v) is 4.05. The average Bonchev–Trinajstić information content (AvgIpc) is 2.34. The number of halogens is 2. The number of pyridine rings is 1. The standard InChI is InChI=1S/C12H20N4O.2ClH/c1-16(2)12-10(5-4-8-14-12)9-15-11(17)6-3-7-13;;/h4-5,8H,3,6-7,9,13H2,1-2H3,(H,15,17);2*1H. The Hall–Kier alpha value is -1.04. The SMILES string of the molecule is CN(C)c1ncccc1CNC(=O)CCCN.Cl.Cl. The second-order valence-electron chi connectivity index (χ2n) is 4.05. The van der Waals surface area contributed by atoms with Gasteiger partial charge in [-0.2, -0.15) is 0 Å². The fraction of sp³-hybridized carbons (Fsp3) is 0.500. The van der Waals surface area contributed by atoms with Gasteiger partial charge in [0.2, 0.25) is 5.91 Å². The summed E-state index contributed by atoms with van der Waals surface area (Å²) in [5.74, 6) is 0.913. The number of nitrogens with zero attached hydrogens (tertiary/aromatic N) is 2. The maximum atomic E-state index is 11.5. The van der Waals surface area contributed by atoms with Crippen LogP contribution < -0.4 is 16.0 Å². The lowest BCUT2D eigenvalue weighted by Gasteiger charge is -2.16. The summed E-state index contributed by atoms with van der Waals surface area (Å²) in [7, 11) is 3.87. The number of nitrogens with one attached hydrogen (secondary N) is 1. The Balaban J connectivity index is 0. The molecule has 1 rings (SSSR count). The van der Waals surface area contributed by atoms with Crippen molar-refractivity contribution in [1.29, 1.82) is 0 Å². The molecule has 1 heterocycles. The zero-order valence-electron chi connectivity index (χ0n) is 11.3. The summed E-state index contributed by atoms with van der Waals surface area (Å²) < 4.78 is 0. The normalized spacial score (nSPS) is 9.00. The Morgan fingerprint density at radius 1 is 1.42 bits per heavy atom. The van der Waals surface area contributed by atoms with Crippen molar-refractivity contribution in [2.24, 2.45) is 5.73 Å².